The molecule has 1 aliphatic rings. The number of halogens is 1. The normalized spacial score (nSPS) is 17.7. The van der Waals surface area contributed by atoms with Gasteiger partial charge in [-0.15, -0.1) is 0 Å². The van der Waals surface area contributed by atoms with E-state index in [9.17, 15) is 4.79 Å². The fourth-order valence-electron chi connectivity index (χ4n) is 2.63. The van der Waals surface area contributed by atoms with E-state index in [4.69, 9.17) is 0 Å². The Morgan fingerprint density at radius 3 is 2.86 bits per heavy atom. The number of hydrogen-bond acceptors (Lipinski definition) is 2. The molecule has 0 aliphatic carbocycles. The molecule has 2 aromatic carbocycles. The average molecular weight is 345 g/mol. The van der Waals surface area contributed by atoms with Crippen molar-refractivity contribution < 1.29 is 4.79 Å². The third-order valence-corrected chi connectivity index (χ3v) is 4.29. The Labute approximate surface area is 132 Å². The molecule has 1 aliphatic heterocycles. The summed E-state index contributed by atoms with van der Waals surface area (Å²) < 4.78 is 1.02. The van der Waals surface area contributed by atoms with Gasteiger partial charge in [-0.1, -0.05) is 46.3 Å². The first-order valence-electron chi connectivity index (χ1n) is 7.04. The highest BCUT2D eigenvalue weighted by Crippen LogP contribution is 2.26. The minimum atomic E-state index is -0.183. The number of hydrogen-bond donors (Lipinski definition) is 2. The first kappa shape index (κ1) is 14.1. The SMILES string of the molecule is C[C@H](NC(=O)[C@@H]1Cc2ccccc2N1)c1cccc(Br)c1. The lowest BCUT2D eigenvalue weighted by Gasteiger charge is -2.18. The molecule has 0 saturated heterocycles. The van der Waals surface area contributed by atoms with E-state index in [2.05, 4.69) is 32.6 Å². The van der Waals surface area contributed by atoms with Crippen molar-refractivity contribution >= 4 is 27.5 Å². The van der Waals surface area contributed by atoms with Crippen molar-refractivity contribution in [2.75, 3.05) is 5.32 Å². The molecule has 1 heterocycles. The first-order valence-corrected chi connectivity index (χ1v) is 7.83. The summed E-state index contributed by atoms with van der Waals surface area (Å²) in [5.74, 6) is 0.0404. The first-order chi connectivity index (χ1) is 10.1. The Kier molecular flexibility index (Phi) is 3.97. The van der Waals surface area contributed by atoms with E-state index in [1.54, 1.807) is 0 Å². The van der Waals surface area contributed by atoms with Crippen molar-refractivity contribution in [3.05, 3.63) is 64.1 Å². The number of fused-ring (bicyclic) bond motifs is 1. The minimum Gasteiger partial charge on any atom is -0.373 e. The number of anilines is 1. The van der Waals surface area contributed by atoms with Gasteiger partial charge in [0.2, 0.25) is 5.91 Å². The van der Waals surface area contributed by atoms with Crippen LogP contribution in [-0.2, 0) is 11.2 Å². The highest BCUT2D eigenvalue weighted by molar-refractivity contribution is 9.10. The number of carbonyl (C=O) groups is 1. The molecular weight excluding hydrogens is 328 g/mol. The largest absolute Gasteiger partial charge is 0.373 e. The van der Waals surface area contributed by atoms with Gasteiger partial charge in [0.15, 0.2) is 0 Å². The lowest BCUT2D eigenvalue weighted by molar-refractivity contribution is -0.122. The summed E-state index contributed by atoms with van der Waals surface area (Å²) >= 11 is 3.46. The fraction of sp³-hybridized carbons (Fsp3) is 0.235. The van der Waals surface area contributed by atoms with Gasteiger partial charge in [-0.25, -0.2) is 0 Å². The zero-order valence-electron chi connectivity index (χ0n) is 11.8. The molecule has 0 saturated carbocycles. The van der Waals surface area contributed by atoms with E-state index in [-0.39, 0.29) is 18.0 Å². The highest BCUT2D eigenvalue weighted by Gasteiger charge is 2.27. The molecule has 1 amide bonds. The zero-order chi connectivity index (χ0) is 14.8. The second kappa shape index (κ2) is 5.90. The van der Waals surface area contributed by atoms with Crippen LogP contribution in [0.1, 0.15) is 24.1 Å². The number of benzene rings is 2. The van der Waals surface area contributed by atoms with Gasteiger partial charge in [-0.3, -0.25) is 4.79 Å². The molecule has 0 radical (unpaired) electrons. The summed E-state index contributed by atoms with van der Waals surface area (Å²) in [5, 5.41) is 6.36. The van der Waals surface area contributed by atoms with E-state index in [0.29, 0.717) is 0 Å². The number of carbonyl (C=O) groups excluding carboxylic acids is 1. The second-order valence-electron chi connectivity index (χ2n) is 5.34. The van der Waals surface area contributed by atoms with Crippen LogP contribution in [0, 0.1) is 0 Å². The standard InChI is InChI=1S/C17H17BrN2O/c1-11(12-6-4-7-14(18)9-12)19-17(21)16-10-13-5-2-3-8-15(13)20-16/h2-9,11,16,20H,10H2,1H3,(H,19,21)/t11-,16-/m0/s1. The molecule has 3 nitrogen and oxygen atoms in total. The minimum absolute atomic E-state index is 0.0134. The Morgan fingerprint density at radius 1 is 1.29 bits per heavy atom. The summed E-state index contributed by atoms with van der Waals surface area (Å²) in [4.78, 5) is 12.4. The second-order valence-corrected chi connectivity index (χ2v) is 6.26. The predicted molar refractivity (Wildman–Crippen MR) is 88.3 cm³/mol. The fourth-order valence-corrected chi connectivity index (χ4v) is 3.05. The summed E-state index contributed by atoms with van der Waals surface area (Å²) in [5.41, 5.74) is 3.36. The molecule has 0 aromatic heterocycles. The maximum absolute atomic E-state index is 12.4. The maximum Gasteiger partial charge on any atom is 0.243 e. The quantitative estimate of drug-likeness (QED) is 0.891. The summed E-state index contributed by atoms with van der Waals surface area (Å²) in [7, 11) is 0. The van der Waals surface area contributed by atoms with Gasteiger partial charge < -0.3 is 10.6 Å². The van der Waals surface area contributed by atoms with Crippen LogP contribution >= 0.6 is 15.9 Å². The Balaban J connectivity index is 1.65. The number of amides is 1. The molecule has 2 aromatic rings. The van der Waals surface area contributed by atoms with E-state index in [0.717, 1.165) is 22.1 Å². The van der Waals surface area contributed by atoms with Crippen LogP contribution < -0.4 is 10.6 Å². The molecular formula is C17H17BrN2O. The van der Waals surface area contributed by atoms with Crippen LogP contribution in [0.25, 0.3) is 0 Å². The lowest BCUT2D eigenvalue weighted by atomic mass is 10.1. The molecule has 0 bridgehead atoms. The summed E-state index contributed by atoms with van der Waals surface area (Å²) in [6, 6.07) is 15.9. The highest BCUT2D eigenvalue weighted by atomic mass is 79.9. The average Bonchev–Trinajstić information content (AvgIpc) is 2.91. The predicted octanol–water partition coefficient (Wildman–Crippen LogP) is 3.66. The smallest absolute Gasteiger partial charge is 0.243 e. The van der Waals surface area contributed by atoms with Crippen molar-refractivity contribution in [3.63, 3.8) is 0 Å². The molecule has 0 unspecified atom stereocenters. The van der Waals surface area contributed by atoms with Gasteiger partial charge in [0.05, 0.1) is 6.04 Å². The number of para-hydroxylation sites is 1. The molecule has 4 heteroatoms. The lowest BCUT2D eigenvalue weighted by Crippen LogP contribution is -2.39. The van der Waals surface area contributed by atoms with Gasteiger partial charge in [-0.05, 0) is 36.2 Å². The van der Waals surface area contributed by atoms with Crippen molar-refractivity contribution in [3.8, 4) is 0 Å². The van der Waals surface area contributed by atoms with Crippen LogP contribution in [0.3, 0.4) is 0 Å². The molecule has 21 heavy (non-hydrogen) atoms. The van der Waals surface area contributed by atoms with Crippen molar-refractivity contribution in [1.29, 1.82) is 0 Å². The van der Waals surface area contributed by atoms with Gasteiger partial charge in [0.25, 0.3) is 0 Å². The number of nitrogens with one attached hydrogen (secondary N) is 2. The Bertz CT molecular complexity index is 646. The van der Waals surface area contributed by atoms with E-state index in [1.807, 2.05) is 49.4 Å². The van der Waals surface area contributed by atoms with E-state index < -0.39 is 0 Å². The molecule has 108 valence electrons. The van der Waals surface area contributed by atoms with E-state index >= 15 is 0 Å². The van der Waals surface area contributed by atoms with E-state index in [1.165, 1.54) is 5.56 Å². The van der Waals surface area contributed by atoms with Gasteiger partial charge in [0, 0.05) is 16.6 Å². The van der Waals surface area contributed by atoms with Crippen molar-refractivity contribution in [2.45, 2.75) is 25.4 Å². The molecule has 0 spiro atoms. The van der Waals surface area contributed by atoms with Crippen LogP contribution in [-0.4, -0.2) is 11.9 Å². The van der Waals surface area contributed by atoms with Crippen molar-refractivity contribution in [2.24, 2.45) is 0 Å². The third kappa shape index (κ3) is 3.10. The van der Waals surface area contributed by atoms with Crippen LogP contribution in [0.2, 0.25) is 0 Å². The molecule has 0 fully saturated rings. The van der Waals surface area contributed by atoms with Crippen LogP contribution in [0.5, 0.6) is 0 Å². The molecule has 3 rings (SSSR count). The van der Waals surface area contributed by atoms with Gasteiger partial charge >= 0.3 is 0 Å². The van der Waals surface area contributed by atoms with Crippen molar-refractivity contribution in [1.82, 2.24) is 5.32 Å². The Morgan fingerprint density at radius 2 is 2.10 bits per heavy atom. The zero-order valence-corrected chi connectivity index (χ0v) is 13.4. The molecule has 2 N–H and O–H groups in total. The van der Waals surface area contributed by atoms with Crippen LogP contribution in [0.4, 0.5) is 5.69 Å². The summed E-state index contributed by atoms with van der Waals surface area (Å²) in [6.45, 7) is 2.00. The maximum atomic E-state index is 12.4. The van der Waals surface area contributed by atoms with Gasteiger partial charge in [0.1, 0.15) is 6.04 Å². The topological polar surface area (TPSA) is 41.1 Å². The molecule has 2 atom stereocenters. The Hall–Kier alpha value is -1.81. The van der Waals surface area contributed by atoms with Crippen LogP contribution in [0.15, 0.2) is 53.0 Å². The monoisotopic (exact) mass is 344 g/mol. The summed E-state index contributed by atoms with van der Waals surface area (Å²) in [6.07, 6.45) is 0.743. The van der Waals surface area contributed by atoms with Gasteiger partial charge in [-0.2, -0.15) is 0 Å². The third-order valence-electron chi connectivity index (χ3n) is 3.80. The number of rotatable bonds is 3.